The number of urea groups is 1. The third-order valence-electron chi connectivity index (χ3n) is 4.65. The Bertz CT molecular complexity index is 969. The molecule has 2 amide bonds. The zero-order chi connectivity index (χ0) is 21.2. The minimum atomic E-state index is -0.222. The molecule has 2 aromatic carbocycles. The van der Waals surface area contributed by atoms with Gasteiger partial charge in [0, 0.05) is 29.7 Å². The highest BCUT2D eigenvalue weighted by molar-refractivity contribution is 5.82. The van der Waals surface area contributed by atoms with E-state index in [4.69, 9.17) is 4.74 Å². The Balaban J connectivity index is 1.36. The molecule has 0 unspecified atom stereocenters. The van der Waals surface area contributed by atoms with Gasteiger partial charge in [0.05, 0.1) is 20.1 Å². The van der Waals surface area contributed by atoms with E-state index in [9.17, 15) is 9.59 Å². The van der Waals surface area contributed by atoms with E-state index < -0.39 is 0 Å². The highest BCUT2D eigenvalue weighted by atomic mass is 16.5. The van der Waals surface area contributed by atoms with Crippen LogP contribution in [0.2, 0.25) is 0 Å². The fourth-order valence-electron chi connectivity index (χ4n) is 3.04. The number of H-pyrrole nitrogens is 1. The molecule has 158 valence electrons. The predicted octanol–water partition coefficient (Wildman–Crippen LogP) is 3.54. The fraction of sp³-hybridized carbons (Fsp3) is 0.304. The lowest BCUT2D eigenvalue weighted by atomic mass is 10.2. The Morgan fingerprint density at radius 2 is 1.87 bits per heavy atom. The maximum atomic E-state index is 11.8. The Hall–Kier alpha value is -3.48. The summed E-state index contributed by atoms with van der Waals surface area (Å²) in [5.41, 5.74) is 3.04. The van der Waals surface area contributed by atoms with Crippen molar-refractivity contribution in [2.45, 2.75) is 25.8 Å². The summed E-state index contributed by atoms with van der Waals surface area (Å²) in [6, 6.07) is 17.4. The SMILES string of the molecule is COC(=O)CCc1cc2cc(OCCCNC(=O)NCc3ccccc3)ccc2[nH]1. The van der Waals surface area contributed by atoms with E-state index >= 15 is 0 Å². The molecule has 7 heteroatoms. The molecule has 0 bridgehead atoms. The average molecular weight is 409 g/mol. The Labute approximate surface area is 175 Å². The largest absolute Gasteiger partial charge is 0.494 e. The van der Waals surface area contributed by atoms with Gasteiger partial charge in [0.25, 0.3) is 0 Å². The van der Waals surface area contributed by atoms with Gasteiger partial charge in [-0.25, -0.2) is 4.79 Å². The minimum Gasteiger partial charge on any atom is -0.494 e. The number of rotatable bonds is 10. The number of benzene rings is 2. The number of aromatic amines is 1. The maximum absolute atomic E-state index is 11.8. The average Bonchev–Trinajstić information content (AvgIpc) is 3.18. The standard InChI is InChI=1S/C23H27N3O4/c1-29-22(27)11-8-19-14-18-15-20(9-10-21(18)26-19)30-13-5-12-24-23(28)25-16-17-6-3-2-4-7-17/h2-4,6-7,9-10,14-15,26H,5,8,11-13,16H2,1H3,(H2,24,25,28). The highest BCUT2D eigenvalue weighted by Gasteiger charge is 2.06. The fourth-order valence-corrected chi connectivity index (χ4v) is 3.04. The van der Waals surface area contributed by atoms with Gasteiger partial charge in [0.1, 0.15) is 5.75 Å². The summed E-state index contributed by atoms with van der Waals surface area (Å²) >= 11 is 0. The summed E-state index contributed by atoms with van der Waals surface area (Å²) < 4.78 is 10.5. The van der Waals surface area contributed by atoms with Crippen molar-refractivity contribution in [1.29, 1.82) is 0 Å². The van der Waals surface area contributed by atoms with Crippen molar-refractivity contribution in [2.75, 3.05) is 20.3 Å². The molecule has 7 nitrogen and oxygen atoms in total. The lowest BCUT2D eigenvalue weighted by molar-refractivity contribution is -0.140. The molecule has 3 rings (SSSR count). The van der Waals surface area contributed by atoms with Crippen LogP contribution in [0.1, 0.15) is 24.1 Å². The number of ether oxygens (including phenoxy) is 2. The van der Waals surface area contributed by atoms with Crippen molar-refractivity contribution in [3.8, 4) is 5.75 Å². The van der Waals surface area contributed by atoms with Gasteiger partial charge in [-0.15, -0.1) is 0 Å². The summed E-state index contributed by atoms with van der Waals surface area (Å²) in [6.45, 7) is 1.54. The van der Waals surface area contributed by atoms with Crippen molar-refractivity contribution >= 4 is 22.9 Å². The summed E-state index contributed by atoms with van der Waals surface area (Å²) in [6.07, 6.45) is 1.66. The van der Waals surface area contributed by atoms with Crippen LogP contribution in [0.25, 0.3) is 10.9 Å². The predicted molar refractivity (Wildman–Crippen MR) is 115 cm³/mol. The van der Waals surface area contributed by atoms with E-state index in [1.54, 1.807) is 0 Å². The first-order valence-corrected chi connectivity index (χ1v) is 10.0. The molecule has 1 aromatic heterocycles. The van der Waals surface area contributed by atoms with Crippen LogP contribution in [0, 0.1) is 0 Å². The minimum absolute atomic E-state index is 0.188. The maximum Gasteiger partial charge on any atom is 0.315 e. The van der Waals surface area contributed by atoms with E-state index in [2.05, 4.69) is 20.4 Å². The number of methoxy groups -OCH3 is 1. The van der Waals surface area contributed by atoms with Gasteiger partial charge in [-0.3, -0.25) is 4.79 Å². The molecule has 0 spiro atoms. The van der Waals surface area contributed by atoms with Crippen LogP contribution in [-0.2, 0) is 22.5 Å². The molecular weight excluding hydrogens is 382 g/mol. The van der Waals surface area contributed by atoms with E-state index in [0.717, 1.165) is 27.9 Å². The molecule has 0 aliphatic carbocycles. The number of carbonyl (C=O) groups excluding carboxylic acids is 2. The number of carbonyl (C=O) groups is 2. The monoisotopic (exact) mass is 409 g/mol. The molecule has 0 aliphatic heterocycles. The molecule has 0 atom stereocenters. The quantitative estimate of drug-likeness (QED) is 0.353. The zero-order valence-corrected chi connectivity index (χ0v) is 17.1. The lowest BCUT2D eigenvalue weighted by Crippen LogP contribution is -2.35. The topological polar surface area (TPSA) is 92.4 Å². The second kappa shape index (κ2) is 10.9. The van der Waals surface area contributed by atoms with E-state index in [0.29, 0.717) is 39.0 Å². The van der Waals surface area contributed by atoms with Gasteiger partial charge in [0.2, 0.25) is 0 Å². The van der Waals surface area contributed by atoms with Gasteiger partial charge in [-0.05, 0) is 42.7 Å². The number of nitrogens with one attached hydrogen (secondary N) is 3. The first kappa shape index (κ1) is 21.2. The van der Waals surface area contributed by atoms with Crippen LogP contribution in [-0.4, -0.2) is 37.2 Å². The number of fused-ring (bicyclic) bond motifs is 1. The van der Waals surface area contributed by atoms with Gasteiger partial charge >= 0.3 is 12.0 Å². The number of aromatic nitrogens is 1. The molecule has 0 saturated carbocycles. The second-order valence-corrected chi connectivity index (χ2v) is 6.92. The Kier molecular flexibility index (Phi) is 7.71. The molecule has 30 heavy (non-hydrogen) atoms. The van der Waals surface area contributed by atoms with Crippen LogP contribution < -0.4 is 15.4 Å². The van der Waals surface area contributed by atoms with Gasteiger partial charge in [0.15, 0.2) is 0 Å². The number of aryl methyl sites for hydroxylation is 1. The highest BCUT2D eigenvalue weighted by Crippen LogP contribution is 2.22. The summed E-state index contributed by atoms with van der Waals surface area (Å²) in [7, 11) is 1.39. The number of hydrogen-bond donors (Lipinski definition) is 3. The molecule has 0 saturated heterocycles. The smallest absolute Gasteiger partial charge is 0.315 e. The van der Waals surface area contributed by atoms with E-state index in [1.165, 1.54) is 7.11 Å². The number of hydrogen-bond acceptors (Lipinski definition) is 4. The van der Waals surface area contributed by atoms with Crippen molar-refractivity contribution in [3.63, 3.8) is 0 Å². The Morgan fingerprint density at radius 3 is 2.67 bits per heavy atom. The zero-order valence-electron chi connectivity index (χ0n) is 17.1. The Morgan fingerprint density at radius 1 is 1.03 bits per heavy atom. The molecule has 3 aromatic rings. The first-order valence-electron chi connectivity index (χ1n) is 10.0. The molecule has 0 radical (unpaired) electrons. The molecule has 3 N–H and O–H groups in total. The normalized spacial score (nSPS) is 10.6. The van der Waals surface area contributed by atoms with Crippen molar-refractivity contribution in [1.82, 2.24) is 15.6 Å². The van der Waals surface area contributed by atoms with Crippen LogP contribution in [0.15, 0.2) is 54.6 Å². The van der Waals surface area contributed by atoms with Crippen LogP contribution >= 0.6 is 0 Å². The number of amides is 2. The van der Waals surface area contributed by atoms with Crippen molar-refractivity contribution in [2.24, 2.45) is 0 Å². The molecule has 0 fully saturated rings. The molecule has 0 aliphatic rings. The second-order valence-electron chi connectivity index (χ2n) is 6.92. The van der Waals surface area contributed by atoms with E-state index in [-0.39, 0.29) is 12.0 Å². The van der Waals surface area contributed by atoms with Crippen LogP contribution in [0.3, 0.4) is 0 Å². The molecule has 1 heterocycles. The van der Waals surface area contributed by atoms with E-state index in [1.807, 2.05) is 54.6 Å². The van der Waals surface area contributed by atoms with Crippen LogP contribution in [0.4, 0.5) is 4.79 Å². The third-order valence-corrected chi connectivity index (χ3v) is 4.65. The molecular formula is C23H27N3O4. The first-order chi connectivity index (χ1) is 14.6. The third kappa shape index (κ3) is 6.55. The van der Waals surface area contributed by atoms with Crippen molar-refractivity contribution < 1.29 is 19.1 Å². The van der Waals surface area contributed by atoms with Gasteiger partial charge in [-0.2, -0.15) is 0 Å². The lowest BCUT2D eigenvalue weighted by Gasteiger charge is -2.09. The summed E-state index contributed by atoms with van der Waals surface area (Å²) in [4.78, 5) is 26.4. The van der Waals surface area contributed by atoms with Gasteiger partial charge < -0.3 is 25.1 Å². The number of esters is 1. The van der Waals surface area contributed by atoms with Crippen molar-refractivity contribution in [3.05, 3.63) is 65.9 Å². The summed E-state index contributed by atoms with van der Waals surface area (Å²) in [5, 5.41) is 6.69. The van der Waals surface area contributed by atoms with Gasteiger partial charge in [-0.1, -0.05) is 30.3 Å². The summed E-state index contributed by atoms with van der Waals surface area (Å²) in [5.74, 6) is 0.551. The van der Waals surface area contributed by atoms with Crippen LogP contribution in [0.5, 0.6) is 5.75 Å².